The maximum absolute atomic E-state index is 11.3. The van der Waals surface area contributed by atoms with E-state index in [1.807, 2.05) is 6.92 Å². The van der Waals surface area contributed by atoms with Gasteiger partial charge in [0.1, 0.15) is 6.10 Å². The topological polar surface area (TPSA) is 26.3 Å². The van der Waals surface area contributed by atoms with Crippen LogP contribution in [0.2, 0.25) is 0 Å². The van der Waals surface area contributed by atoms with Gasteiger partial charge in [0.2, 0.25) is 0 Å². The number of ketones is 1. The van der Waals surface area contributed by atoms with Crippen molar-refractivity contribution in [3.8, 4) is 0 Å². The van der Waals surface area contributed by atoms with Crippen LogP contribution in [0.5, 0.6) is 0 Å². The summed E-state index contributed by atoms with van der Waals surface area (Å²) < 4.78 is 5.41. The zero-order valence-electron chi connectivity index (χ0n) is 8.45. The molecule has 1 rings (SSSR count). The highest BCUT2D eigenvalue weighted by Crippen LogP contribution is 2.20. The standard InChI is InChI=1S/C11H18O2/c1-3-4-5-6-11-9(2)10(12)7-8-13-11/h7-9,11H,3-6H2,1-2H3/t9-,11-/m0/s1. The molecule has 0 spiro atoms. The first kappa shape index (κ1) is 10.3. The molecule has 0 fully saturated rings. The second-order valence-electron chi connectivity index (χ2n) is 3.66. The third kappa shape index (κ3) is 2.87. The van der Waals surface area contributed by atoms with Crippen molar-refractivity contribution in [3.63, 3.8) is 0 Å². The fraction of sp³-hybridized carbons (Fsp3) is 0.727. The van der Waals surface area contributed by atoms with E-state index in [9.17, 15) is 4.79 Å². The van der Waals surface area contributed by atoms with Crippen LogP contribution in [0, 0.1) is 5.92 Å². The van der Waals surface area contributed by atoms with E-state index in [2.05, 4.69) is 6.92 Å². The summed E-state index contributed by atoms with van der Waals surface area (Å²) in [5, 5.41) is 0. The number of ether oxygens (including phenoxy) is 1. The molecule has 13 heavy (non-hydrogen) atoms. The van der Waals surface area contributed by atoms with Crippen LogP contribution in [0.1, 0.15) is 39.5 Å². The Balaban J connectivity index is 2.33. The third-order valence-corrected chi connectivity index (χ3v) is 2.58. The van der Waals surface area contributed by atoms with Crippen LogP contribution >= 0.6 is 0 Å². The minimum Gasteiger partial charge on any atom is -0.497 e. The van der Waals surface area contributed by atoms with E-state index in [-0.39, 0.29) is 17.8 Å². The van der Waals surface area contributed by atoms with Gasteiger partial charge in [-0.25, -0.2) is 0 Å². The molecule has 2 atom stereocenters. The number of allylic oxidation sites excluding steroid dienone is 1. The number of carbonyl (C=O) groups is 1. The van der Waals surface area contributed by atoms with Gasteiger partial charge in [0.15, 0.2) is 5.78 Å². The van der Waals surface area contributed by atoms with Crippen molar-refractivity contribution in [1.82, 2.24) is 0 Å². The summed E-state index contributed by atoms with van der Waals surface area (Å²) in [4.78, 5) is 11.3. The smallest absolute Gasteiger partial charge is 0.165 e. The Morgan fingerprint density at radius 1 is 1.46 bits per heavy atom. The lowest BCUT2D eigenvalue weighted by Gasteiger charge is -2.24. The summed E-state index contributed by atoms with van der Waals surface area (Å²) in [5.41, 5.74) is 0. The summed E-state index contributed by atoms with van der Waals surface area (Å²) in [6, 6.07) is 0. The fourth-order valence-electron chi connectivity index (χ4n) is 1.57. The number of unbranched alkanes of at least 4 members (excludes halogenated alkanes) is 2. The number of hydrogen-bond donors (Lipinski definition) is 0. The van der Waals surface area contributed by atoms with Gasteiger partial charge in [0.25, 0.3) is 0 Å². The van der Waals surface area contributed by atoms with Crippen molar-refractivity contribution in [1.29, 1.82) is 0 Å². The molecule has 1 aliphatic rings. The minimum atomic E-state index is 0.0434. The average Bonchev–Trinajstić information content (AvgIpc) is 2.13. The molecule has 2 nitrogen and oxygen atoms in total. The van der Waals surface area contributed by atoms with Gasteiger partial charge in [0, 0.05) is 6.08 Å². The monoisotopic (exact) mass is 182 g/mol. The zero-order valence-corrected chi connectivity index (χ0v) is 8.45. The Hall–Kier alpha value is -0.790. The Bertz CT molecular complexity index is 196. The van der Waals surface area contributed by atoms with Gasteiger partial charge in [-0.2, -0.15) is 0 Å². The molecule has 0 aromatic heterocycles. The lowest BCUT2D eigenvalue weighted by Crippen LogP contribution is -2.29. The molecule has 0 saturated heterocycles. The van der Waals surface area contributed by atoms with E-state index in [0.29, 0.717) is 0 Å². The van der Waals surface area contributed by atoms with E-state index >= 15 is 0 Å². The second kappa shape index (κ2) is 5.05. The molecule has 0 aromatic carbocycles. The van der Waals surface area contributed by atoms with Gasteiger partial charge in [-0.1, -0.05) is 26.7 Å². The van der Waals surface area contributed by atoms with Crippen LogP contribution in [-0.2, 0) is 9.53 Å². The van der Waals surface area contributed by atoms with Gasteiger partial charge >= 0.3 is 0 Å². The highest BCUT2D eigenvalue weighted by molar-refractivity contribution is 5.92. The second-order valence-corrected chi connectivity index (χ2v) is 3.66. The maximum Gasteiger partial charge on any atom is 0.165 e. The molecule has 0 saturated carbocycles. The number of carbonyl (C=O) groups excluding carboxylic acids is 1. The molecule has 1 aliphatic heterocycles. The van der Waals surface area contributed by atoms with Crippen LogP contribution in [-0.4, -0.2) is 11.9 Å². The van der Waals surface area contributed by atoms with E-state index < -0.39 is 0 Å². The molecule has 0 aliphatic carbocycles. The molecule has 0 bridgehead atoms. The van der Waals surface area contributed by atoms with Crippen molar-refractivity contribution < 1.29 is 9.53 Å². The van der Waals surface area contributed by atoms with E-state index in [1.54, 1.807) is 6.26 Å². The summed E-state index contributed by atoms with van der Waals surface area (Å²) in [6.07, 6.45) is 7.79. The molecular formula is C11H18O2. The highest BCUT2D eigenvalue weighted by atomic mass is 16.5. The van der Waals surface area contributed by atoms with E-state index in [1.165, 1.54) is 18.9 Å². The summed E-state index contributed by atoms with van der Waals surface area (Å²) in [7, 11) is 0. The van der Waals surface area contributed by atoms with Crippen molar-refractivity contribution in [2.24, 2.45) is 5.92 Å². The Morgan fingerprint density at radius 3 is 2.92 bits per heavy atom. The lowest BCUT2D eigenvalue weighted by molar-refractivity contribution is -0.123. The van der Waals surface area contributed by atoms with Gasteiger partial charge in [-0.3, -0.25) is 4.79 Å². The SMILES string of the molecule is CCCCC[C@@H]1OC=CC(=O)[C@@H]1C. The van der Waals surface area contributed by atoms with Crippen LogP contribution in [0.3, 0.4) is 0 Å². The first-order chi connectivity index (χ1) is 6.25. The van der Waals surface area contributed by atoms with Crippen molar-refractivity contribution >= 4 is 5.78 Å². The normalized spacial score (nSPS) is 27.4. The largest absolute Gasteiger partial charge is 0.497 e. The van der Waals surface area contributed by atoms with Crippen molar-refractivity contribution in [3.05, 3.63) is 12.3 Å². The first-order valence-electron chi connectivity index (χ1n) is 5.11. The predicted molar refractivity (Wildman–Crippen MR) is 52.3 cm³/mol. The van der Waals surface area contributed by atoms with Crippen molar-refractivity contribution in [2.45, 2.75) is 45.6 Å². The summed E-state index contributed by atoms with van der Waals surface area (Å²) in [5.74, 6) is 0.245. The number of hydrogen-bond acceptors (Lipinski definition) is 2. The third-order valence-electron chi connectivity index (χ3n) is 2.58. The van der Waals surface area contributed by atoms with Gasteiger partial charge in [-0.15, -0.1) is 0 Å². The molecule has 2 heteroatoms. The first-order valence-corrected chi connectivity index (χ1v) is 5.11. The van der Waals surface area contributed by atoms with Gasteiger partial charge in [0.05, 0.1) is 12.2 Å². The Morgan fingerprint density at radius 2 is 2.23 bits per heavy atom. The van der Waals surface area contributed by atoms with E-state index in [0.717, 1.165) is 12.8 Å². The molecule has 74 valence electrons. The van der Waals surface area contributed by atoms with E-state index in [4.69, 9.17) is 4.74 Å². The Labute approximate surface area is 80.0 Å². The molecule has 0 unspecified atom stereocenters. The lowest BCUT2D eigenvalue weighted by atomic mass is 9.93. The quantitative estimate of drug-likeness (QED) is 0.625. The molecular weight excluding hydrogens is 164 g/mol. The van der Waals surface area contributed by atoms with Crippen LogP contribution in [0.4, 0.5) is 0 Å². The van der Waals surface area contributed by atoms with Crippen LogP contribution < -0.4 is 0 Å². The van der Waals surface area contributed by atoms with Crippen molar-refractivity contribution in [2.75, 3.05) is 0 Å². The van der Waals surface area contributed by atoms with Gasteiger partial charge in [-0.05, 0) is 12.8 Å². The maximum atomic E-state index is 11.3. The Kier molecular flexibility index (Phi) is 4.00. The van der Waals surface area contributed by atoms with Crippen LogP contribution in [0.15, 0.2) is 12.3 Å². The summed E-state index contributed by atoms with van der Waals surface area (Å²) in [6.45, 7) is 4.12. The fourth-order valence-corrected chi connectivity index (χ4v) is 1.57. The average molecular weight is 182 g/mol. The van der Waals surface area contributed by atoms with Gasteiger partial charge < -0.3 is 4.74 Å². The molecule has 0 N–H and O–H groups in total. The molecule has 1 heterocycles. The summed E-state index contributed by atoms with van der Waals surface area (Å²) >= 11 is 0. The minimum absolute atomic E-state index is 0.0434. The molecule has 0 aromatic rings. The zero-order chi connectivity index (χ0) is 9.68. The van der Waals surface area contributed by atoms with Crippen LogP contribution in [0.25, 0.3) is 0 Å². The number of rotatable bonds is 4. The molecule has 0 radical (unpaired) electrons. The predicted octanol–water partition coefficient (Wildman–Crippen LogP) is 2.68. The highest BCUT2D eigenvalue weighted by Gasteiger charge is 2.25. The molecule has 0 amide bonds.